The maximum absolute atomic E-state index is 3.51. The Morgan fingerprint density at radius 1 is 1.44 bits per heavy atom. The third-order valence-corrected chi connectivity index (χ3v) is 2.98. The molecule has 1 aliphatic heterocycles. The van der Waals surface area contributed by atoms with Gasteiger partial charge < -0.3 is 4.90 Å². The van der Waals surface area contributed by atoms with Crippen molar-refractivity contribution in [3.05, 3.63) is 29.8 Å². The molecule has 0 aromatic heterocycles. The van der Waals surface area contributed by atoms with Gasteiger partial charge in [-0.05, 0) is 51.2 Å². The molecule has 2 nitrogen and oxygen atoms in total. The summed E-state index contributed by atoms with van der Waals surface area (Å²) in [5, 5.41) is 3.51. The van der Waals surface area contributed by atoms with Gasteiger partial charge in [-0.15, -0.1) is 0 Å². The molecule has 1 N–H and O–H groups in total. The first-order valence-corrected chi connectivity index (χ1v) is 6.19. The maximum Gasteiger partial charge on any atom is 0.0684 e. The second kappa shape index (κ2) is 4.62. The molecule has 1 saturated carbocycles. The lowest BCUT2D eigenvalue weighted by Gasteiger charge is -2.31. The Kier molecular flexibility index (Phi) is 3.38. The maximum atomic E-state index is 3.51. The number of nitrogens with zero attached hydrogens (tertiary/aromatic N) is 1. The molecule has 0 unspecified atom stereocenters. The molecule has 88 valence electrons. The quantitative estimate of drug-likeness (QED) is 0.766. The van der Waals surface area contributed by atoms with E-state index in [-0.39, 0.29) is 5.54 Å². The highest BCUT2D eigenvalue weighted by Gasteiger charge is 2.18. The molecule has 0 aromatic carbocycles. The predicted molar refractivity (Wildman–Crippen MR) is 67.7 cm³/mol. The lowest BCUT2D eigenvalue weighted by atomic mass is 9.88. The van der Waals surface area contributed by atoms with Crippen LogP contribution in [-0.4, -0.2) is 23.7 Å². The molecule has 1 aliphatic carbocycles. The molecule has 0 spiro atoms. The van der Waals surface area contributed by atoms with E-state index < -0.39 is 0 Å². The van der Waals surface area contributed by atoms with Crippen LogP contribution in [0.2, 0.25) is 0 Å². The average Bonchev–Trinajstić information content (AvgIpc) is 2.25. The molecule has 2 rings (SSSR count). The van der Waals surface area contributed by atoms with Gasteiger partial charge in [-0.2, -0.15) is 0 Å². The SMILES string of the molecule is CC(C)(C)NCN1C=C2[C]CCCC2=CC1. The molecule has 2 radical (unpaired) electrons. The molecular weight excluding hydrogens is 196 g/mol. The number of hydrogen-bond acceptors (Lipinski definition) is 2. The summed E-state index contributed by atoms with van der Waals surface area (Å²) in [4.78, 5) is 2.32. The van der Waals surface area contributed by atoms with Crippen LogP contribution in [0.25, 0.3) is 0 Å². The van der Waals surface area contributed by atoms with Crippen molar-refractivity contribution in [2.24, 2.45) is 0 Å². The van der Waals surface area contributed by atoms with Gasteiger partial charge in [0.05, 0.1) is 6.67 Å². The molecule has 2 aliphatic rings. The van der Waals surface area contributed by atoms with Crippen LogP contribution in [0, 0.1) is 6.42 Å². The molecule has 0 bridgehead atoms. The van der Waals surface area contributed by atoms with E-state index in [0.717, 1.165) is 19.6 Å². The van der Waals surface area contributed by atoms with Crippen LogP contribution < -0.4 is 5.32 Å². The van der Waals surface area contributed by atoms with Crippen molar-refractivity contribution in [2.45, 2.75) is 45.6 Å². The summed E-state index contributed by atoms with van der Waals surface area (Å²) in [6.07, 6.45) is 11.7. The Hall–Kier alpha value is -0.760. The lowest BCUT2D eigenvalue weighted by Crippen LogP contribution is -2.43. The van der Waals surface area contributed by atoms with E-state index in [2.05, 4.69) is 49.7 Å². The zero-order valence-electron chi connectivity index (χ0n) is 10.6. The molecule has 0 saturated heterocycles. The Bertz CT molecular complexity index is 307. The minimum absolute atomic E-state index is 0.183. The summed E-state index contributed by atoms with van der Waals surface area (Å²) >= 11 is 0. The molecular formula is C14H22N2. The summed E-state index contributed by atoms with van der Waals surface area (Å²) in [5.74, 6) is 0. The zero-order chi connectivity index (χ0) is 11.6. The van der Waals surface area contributed by atoms with Crippen molar-refractivity contribution in [2.75, 3.05) is 13.2 Å². The smallest absolute Gasteiger partial charge is 0.0684 e. The van der Waals surface area contributed by atoms with Crippen LogP contribution >= 0.6 is 0 Å². The van der Waals surface area contributed by atoms with Crippen LogP contribution in [0.1, 0.15) is 40.0 Å². The number of rotatable bonds is 2. The van der Waals surface area contributed by atoms with Crippen molar-refractivity contribution in [1.29, 1.82) is 0 Å². The fourth-order valence-corrected chi connectivity index (χ4v) is 2.00. The van der Waals surface area contributed by atoms with Gasteiger partial charge in [0.2, 0.25) is 0 Å². The van der Waals surface area contributed by atoms with Crippen LogP contribution in [0.15, 0.2) is 23.4 Å². The summed E-state index contributed by atoms with van der Waals surface area (Å²) < 4.78 is 0. The highest BCUT2D eigenvalue weighted by molar-refractivity contribution is 5.41. The minimum atomic E-state index is 0.183. The van der Waals surface area contributed by atoms with Gasteiger partial charge in [0.15, 0.2) is 0 Å². The minimum Gasteiger partial charge on any atom is -0.361 e. The van der Waals surface area contributed by atoms with E-state index in [1.165, 1.54) is 24.0 Å². The second-order valence-corrected chi connectivity index (χ2v) is 5.66. The van der Waals surface area contributed by atoms with Crippen molar-refractivity contribution in [3.8, 4) is 0 Å². The average molecular weight is 218 g/mol. The number of fused-ring (bicyclic) bond motifs is 1. The molecule has 0 aromatic rings. The van der Waals surface area contributed by atoms with Gasteiger partial charge in [0, 0.05) is 24.7 Å². The van der Waals surface area contributed by atoms with Crippen LogP contribution in [0.5, 0.6) is 0 Å². The van der Waals surface area contributed by atoms with E-state index >= 15 is 0 Å². The monoisotopic (exact) mass is 218 g/mol. The molecule has 2 heteroatoms. The van der Waals surface area contributed by atoms with E-state index in [1.807, 2.05) is 0 Å². The Balaban J connectivity index is 1.91. The fourth-order valence-electron chi connectivity index (χ4n) is 2.00. The summed E-state index contributed by atoms with van der Waals surface area (Å²) in [6.45, 7) is 8.54. The second-order valence-electron chi connectivity index (χ2n) is 5.66. The number of nitrogens with one attached hydrogen (secondary N) is 1. The molecule has 1 fully saturated rings. The third kappa shape index (κ3) is 3.11. The topological polar surface area (TPSA) is 15.3 Å². The largest absolute Gasteiger partial charge is 0.361 e. The van der Waals surface area contributed by atoms with Crippen molar-refractivity contribution >= 4 is 0 Å². The van der Waals surface area contributed by atoms with Gasteiger partial charge in [0.25, 0.3) is 0 Å². The number of hydrogen-bond donors (Lipinski definition) is 1. The van der Waals surface area contributed by atoms with E-state index in [0.29, 0.717) is 0 Å². The molecule has 16 heavy (non-hydrogen) atoms. The number of allylic oxidation sites excluding steroid dienone is 2. The van der Waals surface area contributed by atoms with Crippen LogP contribution in [0.3, 0.4) is 0 Å². The zero-order valence-corrected chi connectivity index (χ0v) is 10.6. The first-order chi connectivity index (χ1) is 7.54. The van der Waals surface area contributed by atoms with E-state index in [1.54, 1.807) is 0 Å². The van der Waals surface area contributed by atoms with Crippen molar-refractivity contribution in [3.63, 3.8) is 0 Å². The summed E-state index contributed by atoms with van der Waals surface area (Å²) in [6, 6.07) is 0. The standard InChI is InChI=1S/C14H22N2/c1-14(2,3)15-11-16-9-8-12-6-4-5-7-13(12)10-16/h8,10,15H,4-6,9,11H2,1-3H3. The molecule has 1 heterocycles. The van der Waals surface area contributed by atoms with Crippen molar-refractivity contribution < 1.29 is 0 Å². The van der Waals surface area contributed by atoms with Gasteiger partial charge in [-0.25, -0.2) is 0 Å². The summed E-state index contributed by atoms with van der Waals surface area (Å²) in [5.41, 5.74) is 3.01. The van der Waals surface area contributed by atoms with Gasteiger partial charge >= 0.3 is 0 Å². The molecule has 0 amide bonds. The first kappa shape index (κ1) is 11.7. The van der Waals surface area contributed by atoms with E-state index in [4.69, 9.17) is 0 Å². The van der Waals surface area contributed by atoms with Crippen molar-refractivity contribution in [1.82, 2.24) is 10.2 Å². The summed E-state index contributed by atoms with van der Waals surface area (Å²) in [7, 11) is 0. The van der Waals surface area contributed by atoms with Gasteiger partial charge in [0.1, 0.15) is 0 Å². The predicted octanol–water partition coefficient (Wildman–Crippen LogP) is 2.72. The van der Waals surface area contributed by atoms with Crippen LogP contribution in [0.4, 0.5) is 0 Å². The molecule has 0 atom stereocenters. The Morgan fingerprint density at radius 2 is 2.25 bits per heavy atom. The third-order valence-electron chi connectivity index (χ3n) is 2.98. The Labute approximate surface area is 99.4 Å². The van der Waals surface area contributed by atoms with Gasteiger partial charge in [-0.1, -0.05) is 6.08 Å². The normalized spacial score (nSPS) is 21.3. The highest BCUT2D eigenvalue weighted by Crippen LogP contribution is 2.30. The fraction of sp³-hybridized carbons (Fsp3) is 0.643. The first-order valence-electron chi connectivity index (χ1n) is 6.19. The lowest BCUT2D eigenvalue weighted by molar-refractivity contribution is 0.302. The van der Waals surface area contributed by atoms with Gasteiger partial charge in [-0.3, -0.25) is 5.32 Å². The Morgan fingerprint density at radius 3 is 3.00 bits per heavy atom. The van der Waals surface area contributed by atoms with E-state index in [9.17, 15) is 0 Å². The van der Waals surface area contributed by atoms with Crippen LogP contribution in [-0.2, 0) is 0 Å². The highest BCUT2D eigenvalue weighted by atomic mass is 15.2.